The van der Waals surface area contributed by atoms with Crippen molar-refractivity contribution in [2.24, 2.45) is 0 Å². The number of hydrogen-bond donors (Lipinski definition) is 0. The quantitative estimate of drug-likeness (QED) is 0.669. The first kappa shape index (κ1) is 16.4. The molecule has 0 aliphatic rings. The normalized spacial score (nSPS) is 13.0. The van der Waals surface area contributed by atoms with Crippen LogP contribution in [-0.4, -0.2) is 9.54 Å². The minimum Gasteiger partial charge on any atom is -0.607 e. The summed E-state index contributed by atoms with van der Waals surface area (Å²) in [5, 5.41) is 8.81. The molecule has 1 unspecified atom stereocenters. The van der Waals surface area contributed by atoms with E-state index in [1.54, 1.807) is 12.1 Å². The molecule has 0 N–H and O–H groups in total. The summed E-state index contributed by atoms with van der Waals surface area (Å²) in [5.74, 6) is -0.0178. The zero-order chi connectivity index (χ0) is 17.3. The first-order valence-corrected chi connectivity index (χ1v) is 8.04. The topological polar surface area (TPSA) is 72.9 Å². The third kappa shape index (κ3) is 3.37. The van der Waals surface area contributed by atoms with Gasteiger partial charge in [0.25, 0.3) is 0 Å². The van der Waals surface area contributed by atoms with Crippen LogP contribution < -0.4 is 0 Å². The van der Waals surface area contributed by atoms with Crippen LogP contribution >= 0.6 is 0 Å². The van der Waals surface area contributed by atoms with Gasteiger partial charge in [0, 0.05) is 5.56 Å². The molecule has 0 radical (unpaired) electrons. The first-order valence-electron chi connectivity index (χ1n) is 6.72. The number of hydrogen-bond acceptors (Lipinski definition) is 4. The van der Waals surface area contributed by atoms with Crippen LogP contribution in [-0.2, 0) is 23.1 Å². The molecule has 0 saturated heterocycles. The summed E-state index contributed by atoms with van der Waals surface area (Å²) >= 11 is -1.65. The molecule has 24 heavy (non-hydrogen) atoms. The predicted octanol–water partition coefficient (Wildman–Crippen LogP) is 4.03. The van der Waals surface area contributed by atoms with Crippen LogP contribution in [0.2, 0.25) is 0 Å². The van der Waals surface area contributed by atoms with Gasteiger partial charge in [0.1, 0.15) is 11.3 Å². The molecule has 0 spiro atoms. The Kier molecular flexibility index (Phi) is 4.22. The van der Waals surface area contributed by atoms with Crippen molar-refractivity contribution in [3.63, 3.8) is 0 Å². The van der Waals surface area contributed by atoms with E-state index in [2.05, 4.69) is 4.98 Å². The fraction of sp³-hybridized carbons (Fsp3) is 0.125. The van der Waals surface area contributed by atoms with E-state index in [4.69, 9.17) is 9.68 Å². The van der Waals surface area contributed by atoms with E-state index in [1.165, 1.54) is 18.2 Å². The Labute approximate surface area is 137 Å². The second-order valence-corrected chi connectivity index (χ2v) is 6.29. The van der Waals surface area contributed by atoms with Crippen LogP contribution in [0.4, 0.5) is 13.2 Å². The van der Waals surface area contributed by atoms with Crippen molar-refractivity contribution in [3.05, 3.63) is 59.2 Å². The second-order valence-electron chi connectivity index (χ2n) is 4.96. The zero-order valence-corrected chi connectivity index (χ0v) is 12.8. The van der Waals surface area contributed by atoms with Gasteiger partial charge in [-0.25, -0.2) is 0 Å². The summed E-state index contributed by atoms with van der Waals surface area (Å²) in [4.78, 5) is 4.08. The predicted molar refractivity (Wildman–Crippen MR) is 80.3 cm³/mol. The van der Waals surface area contributed by atoms with Gasteiger partial charge >= 0.3 is 11.4 Å². The van der Waals surface area contributed by atoms with Crippen molar-refractivity contribution in [2.45, 2.75) is 17.2 Å². The van der Waals surface area contributed by atoms with E-state index in [0.29, 0.717) is 22.2 Å². The molecule has 2 aromatic carbocycles. The lowest BCUT2D eigenvalue weighted by Gasteiger charge is -2.08. The van der Waals surface area contributed by atoms with Gasteiger partial charge in [-0.1, -0.05) is 12.1 Å². The molecule has 3 rings (SSSR count). The van der Waals surface area contributed by atoms with Crippen molar-refractivity contribution >= 4 is 22.3 Å². The monoisotopic (exact) mass is 350 g/mol. The number of halogens is 3. The lowest BCUT2D eigenvalue weighted by Crippen LogP contribution is -2.07. The van der Waals surface area contributed by atoms with Gasteiger partial charge in [-0.2, -0.15) is 23.4 Å². The summed E-state index contributed by atoms with van der Waals surface area (Å²) in [7, 11) is 0. The van der Waals surface area contributed by atoms with Crippen molar-refractivity contribution in [3.8, 4) is 6.07 Å². The van der Waals surface area contributed by atoms with Crippen molar-refractivity contribution in [2.75, 3.05) is 0 Å². The SMILES string of the molecule is N#Cc1ccc2oc([S+]([O-])Cc3ccc(C(F)(F)F)cc3)nc2c1. The molecule has 0 aliphatic heterocycles. The van der Waals surface area contributed by atoms with Crippen LogP contribution in [0.5, 0.6) is 0 Å². The van der Waals surface area contributed by atoms with Gasteiger partial charge in [-0.3, -0.25) is 0 Å². The first-order chi connectivity index (χ1) is 11.4. The third-order valence-corrected chi connectivity index (χ3v) is 4.43. The van der Waals surface area contributed by atoms with Crippen LogP contribution in [0.1, 0.15) is 16.7 Å². The molecule has 122 valence electrons. The summed E-state index contributed by atoms with van der Waals surface area (Å²) in [6.45, 7) is 0. The van der Waals surface area contributed by atoms with Gasteiger partial charge in [0.2, 0.25) is 0 Å². The maximum absolute atomic E-state index is 12.5. The number of fused-ring (bicyclic) bond motifs is 1. The van der Waals surface area contributed by atoms with Gasteiger partial charge < -0.3 is 8.97 Å². The lowest BCUT2D eigenvalue weighted by molar-refractivity contribution is -0.137. The summed E-state index contributed by atoms with van der Waals surface area (Å²) in [6, 6.07) is 11.0. The molecule has 1 heterocycles. The highest BCUT2D eigenvalue weighted by molar-refractivity contribution is 7.90. The van der Waals surface area contributed by atoms with E-state index in [-0.39, 0.29) is 11.0 Å². The van der Waals surface area contributed by atoms with Crippen molar-refractivity contribution in [1.29, 1.82) is 5.26 Å². The standard InChI is InChI=1S/C16H9F3N2O2S/c17-16(18,19)12-4-1-10(2-5-12)9-24(22)15-21-13-7-11(8-20)3-6-14(13)23-15/h1-7H,9H2. The minimum atomic E-state index is -4.41. The summed E-state index contributed by atoms with van der Waals surface area (Å²) < 4.78 is 55.2. The van der Waals surface area contributed by atoms with E-state index in [0.717, 1.165) is 12.1 Å². The highest BCUT2D eigenvalue weighted by atomic mass is 32.2. The Balaban J connectivity index is 1.79. The molecule has 0 aliphatic carbocycles. The molecule has 8 heteroatoms. The Morgan fingerprint density at radius 1 is 1.17 bits per heavy atom. The number of rotatable bonds is 3. The van der Waals surface area contributed by atoms with Crippen LogP contribution in [0.3, 0.4) is 0 Å². The molecule has 1 atom stereocenters. The van der Waals surface area contributed by atoms with Crippen LogP contribution in [0, 0.1) is 11.3 Å². The summed E-state index contributed by atoms with van der Waals surface area (Å²) in [5.41, 5.74) is 0.912. The molecule has 0 amide bonds. The average molecular weight is 350 g/mol. The maximum Gasteiger partial charge on any atom is 0.416 e. The largest absolute Gasteiger partial charge is 0.607 e. The molecule has 1 aromatic heterocycles. The summed E-state index contributed by atoms with van der Waals surface area (Å²) in [6.07, 6.45) is -4.41. The number of benzene rings is 2. The van der Waals surface area contributed by atoms with Gasteiger partial charge in [-0.15, -0.1) is 0 Å². The smallest absolute Gasteiger partial charge is 0.416 e. The number of aromatic nitrogens is 1. The number of nitriles is 1. The van der Waals surface area contributed by atoms with E-state index in [9.17, 15) is 17.7 Å². The third-order valence-electron chi connectivity index (χ3n) is 3.27. The van der Waals surface area contributed by atoms with Gasteiger partial charge in [0.15, 0.2) is 5.58 Å². The number of oxazole rings is 1. The molecule has 3 aromatic rings. The molecular formula is C16H9F3N2O2S. The molecule has 0 saturated carbocycles. The van der Waals surface area contributed by atoms with Gasteiger partial charge in [-0.05, 0) is 30.3 Å². The number of nitrogens with zero attached hydrogens (tertiary/aromatic N) is 2. The lowest BCUT2D eigenvalue weighted by atomic mass is 10.1. The Hall–Kier alpha value is -2.50. The van der Waals surface area contributed by atoms with Crippen molar-refractivity contribution < 1.29 is 22.1 Å². The highest BCUT2D eigenvalue weighted by Crippen LogP contribution is 2.30. The Morgan fingerprint density at radius 2 is 1.88 bits per heavy atom. The molecule has 0 fully saturated rings. The van der Waals surface area contributed by atoms with E-state index < -0.39 is 22.9 Å². The van der Waals surface area contributed by atoms with Crippen LogP contribution in [0.25, 0.3) is 11.1 Å². The zero-order valence-electron chi connectivity index (χ0n) is 12.0. The fourth-order valence-electron chi connectivity index (χ4n) is 2.08. The average Bonchev–Trinajstić information content (AvgIpc) is 2.97. The second kappa shape index (κ2) is 6.19. The Morgan fingerprint density at radius 3 is 2.50 bits per heavy atom. The van der Waals surface area contributed by atoms with Crippen LogP contribution in [0.15, 0.2) is 52.1 Å². The van der Waals surface area contributed by atoms with Gasteiger partial charge in [0.05, 0.1) is 28.4 Å². The minimum absolute atomic E-state index is 0.0178. The molecular weight excluding hydrogens is 341 g/mol. The van der Waals surface area contributed by atoms with E-state index in [1.807, 2.05) is 6.07 Å². The fourth-order valence-corrected chi connectivity index (χ4v) is 3.08. The Bertz CT molecular complexity index is 914. The van der Waals surface area contributed by atoms with Crippen molar-refractivity contribution in [1.82, 2.24) is 4.98 Å². The number of alkyl halides is 3. The van der Waals surface area contributed by atoms with E-state index >= 15 is 0 Å². The molecule has 4 nitrogen and oxygen atoms in total. The molecule has 0 bridgehead atoms. The maximum atomic E-state index is 12.5. The highest BCUT2D eigenvalue weighted by Gasteiger charge is 2.30.